The molecule has 0 spiro atoms. The largest absolute Gasteiger partial charge is 0.485 e. The molecule has 0 bridgehead atoms. The number of furan rings is 1. The summed E-state index contributed by atoms with van der Waals surface area (Å²) in [5.41, 5.74) is 3.88. The molecule has 1 aliphatic heterocycles. The van der Waals surface area contributed by atoms with Crippen molar-refractivity contribution < 1.29 is 18.6 Å². The molecule has 3 heterocycles. The van der Waals surface area contributed by atoms with Gasteiger partial charge < -0.3 is 18.6 Å². The number of benzene rings is 2. The highest BCUT2D eigenvalue weighted by atomic mass is 35.5. The van der Waals surface area contributed by atoms with E-state index in [0.717, 1.165) is 27.5 Å². The lowest BCUT2D eigenvalue weighted by Gasteiger charge is -2.24. The fraction of sp³-hybridized carbons (Fsp3) is 0.238. The minimum atomic E-state index is -0.0293. The van der Waals surface area contributed by atoms with Gasteiger partial charge in [0.05, 0.1) is 34.7 Å². The molecule has 0 amide bonds. The van der Waals surface area contributed by atoms with Crippen molar-refractivity contribution in [1.29, 1.82) is 0 Å². The molecule has 0 fully saturated rings. The summed E-state index contributed by atoms with van der Waals surface area (Å²) in [6.45, 7) is 4.43. The third kappa shape index (κ3) is 2.64. The second-order valence-electron chi connectivity index (χ2n) is 6.87. The van der Waals surface area contributed by atoms with Crippen molar-refractivity contribution in [3.05, 3.63) is 41.0 Å². The van der Waals surface area contributed by atoms with Crippen LogP contribution in [0.4, 0.5) is 0 Å². The standard InChI is InChI=1S/C21H17ClN2O4/c1-10-4-12(19-15(5-10)24-18(25-3)8-23-19)16-6-13-20(28-16)14(22)7-17-21(13)26-9-11(2)27-17/h4-8,11H,9H2,1-3H3/t11-/m1/s1. The Bertz CT molecular complexity index is 1230. The SMILES string of the molecule is COc1cnc2c(-c3cc4c5c(cc(Cl)c4o3)O[C@H](C)CO5)cc(C)cc2n1. The number of hydrogen-bond donors (Lipinski definition) is 0. The zero-order valence-electron chi connectivity index (χ0n) is 15.6. The molecule has 6 nitrogen and oxygen atoms in total. The van der Waals surface area contributed by atoms with Crippen LogP contribution in [0.15, 0.2) is 34.9 Å². The van der Waals surface area contributed by atoms with Crippen LogP contribution in [0.25, 0.3) is 33.3 Å². The summed E-state index contributed by atoms with van der Waals surface area (Å²) >= 11 is 6.46. The molecule has 1 atom stereocenters. The molecule has 0 saturated carbocycles. The average molecular weight is 397 g/mol. The fourth-order valence-electron chi connectivity index (χ4n) is 3.47. The highest BCUT2D eigenvalue weighted by Crippen LogP contribution is 2.46. The van der Waals surface area contributed by atoms with E-state index in [9.17, 15) is 0 Å². The third-order valence-electron chi connectivity index (χ3n) is 4.71. The molecule has 0 radical (unpaired) electrons. The summed E-state index contributed by atoms with van der Waals surface area (Å²) in [6, 6.07) is 7.63. The summed E-state index contributed by atoms with van der Waals surface area (Å²) in [5, 5.41) is 1.25. The van der Waals surface area contributed by atoms with Crippen molar-refractivity contribution in [1.82, 2.24) is 9.97 Å². The minimum Gasteiger partial charge on any atom is -0.485 e. The van der Waals surface area contributed by atoms with Gasteiger partial charge in [0.1, 0.15) is 18.5 Å². The van der Waals surface area contributed by atoms with Gasteiger partial charge in [-0.25, -0.2) is 9.97 Å². The van der Waals surface area contributed by atoms with E-state index >= 15 is 0 Å². The highest BCUT2D eigenvalue weighted by Gasteiger charge is 2.25. The zero-order chi connectivity index (χ0) is 19.4. The summed E-state index contributed by atoms with van der Waals surface area (Å²) in [4.78, 5) is 9.02. The summed E-state index contributed by atoms with van der Waals surface area (Å²) in [6.07, 6.45) is 1.56. The Morgan fingerprint density at radius 3 is 2.89 bits per heavy atom. The number of halogens is 1. The summed E-state index contributed by atoms with van der Waals surface area (Å²) in [7, 11) is 1.57. The van der Waals surface area contributed by atoms with Crippen molar-refractivity contribution in [2.45, 2.75) is 20.0 Å². The van der Waals surface area contributed by atoms with Crippen LogP contribution in [0.2, 0.25) is 5.02 Å². The number of hydrogen-bond acceptors (Lipinski definition) is 6. The minimum absolute atomic E-state index is 0.0293. The van der Waals surface area contributed by atoms with Gasteiger partial charge in [0, 0.05) is 11.6 Å². The highest BCUT2D eigenvalue weighted by molar-refractivity contribution is 6.35. The van der Waals surface area contributed by atoms with Gasteiger partial charge in [-0.1, -0.05) is 11.6 Å². The van der Waals surface area contributed by atoms with Gasteiger partial charge in [0.25, 0.3) is 0 Å². The topological polar surface area (TPSA) is 66.6 Å². The monoisotopic (exact) mass is 396 g/mol. The second-order valence-corrected chi connectivity index (χ2v) is 7.28. The molecule has 2 aromatic carbocycles. The van der Waals surface area contributed by atoms with E-state index in [1.54, 1.807) is 19.4 Å². The van der Waals surface area contributed by atoms with E-state index in [1.165, 1.54) is 0 Å². The van der Waals surface area contributed by atoms with Crippen molar-refractivity contribution >= 4 is 33.6 Å². The number of aryl methyl sites for hydroxylation is 1. The molecule has 4 aromatic rings. The van der Waals surface area contributed by atoms with Crippen LogP contribution in [0.1, 0.15) is 12.5 Å². The van der Waals surface area contributed by atoms with Crippen LogP contribution in [-0.4, -0.2) is 29.8 Å². The maximum Gasteiger partial charge on any atom is 0.232 e. The van der Waals surface area contributed by atoms with E-state index in [-0.39, 0.29) is 6.10 Å². The normalized spacial score (nSPS) is 15.9. The van der Waals surface area contributed by atoms with Crippen LogP contribution < -0.4 is 14.2 Å². The molecule has 2 aromatic heterocycles. The first-order chi connectivity index (χ1) is 13.5. The maximum atomic E-state index is 6.46. The second kappa shape index (κ2) is 6.27. The Morgan fingerprint density at radius 1 is 1.21 bits per heavy atom. The van der Waals surface area contributed by atoms with Crippen molar-refractivity contribution in [2.24, 2.45) is 0 Å². The molecule has 142 valence electrons. The predicted octanol–water partition coefficient (Wildman–Crippen LogP) is 5.17. The van der Waals surface area contributed by atoms with Gasteiger partial charge in [-0.2, -0.15) is 0 Å². The number of fused-ring (bicyclic) bond motifs is 4. The van der Waals surface area contributed by atoms with Crippen LogP contribution in [0.3, 0.4) is 0 Å². The first-order valence-electron chi connectivity index (χ1n) is 8.90. The van der Waals surface area contributed by atoms with E-state index in [2.05, 4.69) is 9.97 Å². The van der Waals surface area contributed by atoms with Gasteiger partial charge in [0.15, 0.2) is 17.1 Å². The quantitative estimate of drug-likeness (QED) is 0.465. The lowest BCUT2D eigenvalue weighted by molar-refractivity contribution is 0.106. The third-order valence-corrected chi connectivity index (χ3v) is 4.99. The van der Waals surface area contributed by atoms with E-state index in [1.807, 2.05) is 32.0 Å². The predicted molar refractivity (Wildman–Crippen MR) is 107 cm³/mol. The molecule has 0 unspecified atom stereocenters. The Morgan fingerprint density at radius 2 is 2.07 bits per heavy atom. The lowest BCUT2D eigenvalue weighted by Crippen LogP contribution is -2.25. The van der Waals surface area contributed by atoms with Crippen LogP contribution in [0, 0.1) is 6.92 Å². The van der Waals surface area contributed by atoms with E-state index in [4.69, 9.17) is 30.2 Å². The Hall–Kier alpha value is -2.99. The van der Waals surface area contributed by atoms with Gasteiger partial charge in [-0.15, -0.1) is 0 Å². The molecule has 0 aliphatic carbocycles. The molecular weight excluding hydrogens is 380 g/mol. The van der Waals surface area contributed by atoms with Gasteiger partial charge in [0.2, 0.25) is 5.88 Å². The number of rotatable bonds is 2. The molecule has 1 aliphatic rings. The zero-order valence-corrected chi connectivity index (χ0v) is 16.3. The Labute approximate surface area is 166 Å². The average Bonchev–Trinajstić information content (AvgIpc) is 3.12. The molecule has 0 saturated heterocycles. The van der Waals surface area contributed by atoms with Crippen molar-refractivity contribution in [3.63, 3.8) is 0 Å². The van der Waals surface area contributed by atoms with E-state index in [0.29, 0.717) is 40.4 Å². The number of ether oxygens (including phenoxy) is 3. The summed E-state index contributed by atoms with van der Waals surface area (Å²) in [5.74, 6) is 2.38. The van der Waals surface area contributed by atoms with Crippen molar-refractivity contribution in [2.75, 3.05) is 13.7 Å². The van der Waals surface area contributed by atoms with Gasteiger partial charge in [-0.3, -0.25) is 0 Å². The summed E-state index contributed by atoms with van der Waals surface area (Å²) < 4.78 is 23.1. The van der Waals surface area contributed by atoms with Gasteiger partial charge >= 0.3 is 0 Å². The van der Waals surface area contributed by atoms with Gasteiger partial charge in [-0.05, 0) is 37.6 Å². The smallest absolute Gasteiger partial charge is 0.232 e. The molecule has 5 rings (SSSR count). The molecule has 28 heavy (non-hydrogen) atoms. The molecular formula is C21H17ClN2O4. The van der Waals surface area contributed by atoms with Crippen molar-refractivity contribution in [3.8, 4) is 28.7 Å². The van der Waals surface area contributed by atoms with Crippen LogP contribution >= 0.6 is 11.6 Å². The number of aromatic nitrogens is 2. The lowest BCUT2D eigenvalue weighted by atomic mass is 10.1. The number of nitrogens with zero attached hydrogens (tertiary/aromatic N) is 2. The fourth-order valence-corrected chi connectivity index (χ4v) is 3.71. The van der Waals surface area contributed by atoms with Crippen LogP contribution in [0.5, 0.6) is 17.4 Å². The number of methoxy groups -OCH3 is 1. The Kier molecular flexibility index (Phi) is 3.84. The van der Waals surface area contributed by atoms with Crippen LogP contribution in [-0.2, 0) is 0 Å². The first-order valence-corrected chi connectivity index (χ1v) is 9.28. The molecule has 7 heteroatoms. The maximum absolute atomic E-state index is 6.46. The molecule has 0 N–H and O–H groups in total. The van der Waals surface area contributed by atoms with E-state index < -0.39 is 0 Å². The first kappa shape index (κ1) is 17.1. The Balaban J connectivity index is 1.75.